The van der Waals surface area contributed by atoms with Crippen molar-refractivity contribution in [2.75, 3.05) is 31.6 Å². The zero-order chi connectivity index (χ0) is 13.1. The van der Waals surface area contributed by atoms with Crippen LogP contribution in [0.2, 0.25) is 0 Å². The summed E-state index contributed by atoms with van der Waals surface area (Å²) in [6.45, 7) is 5.54. The van der Waals surface area contributed by atoms with E-state index in [1.54, 1.807) is 18.4 Å². The molecule has 0 aliphatic rings. The molecule has 3 nitrogen and oxygen atoms in total. The van der Waals surface area contributed by atoms with Crippen molar-refractivity contribution in [1.29, 1.82) is 0 Å². The van der Waals surface area contributed by atoms with E-state index in [2.05, 4.69) is 39.7 Å². The summed E-state index contributed by atoms with van der Waals surface area (Å²) in [6.07, 6.45) is 2.97. The molecule has 0 aliphatic carbocycles. The first-order valence-corrected chi connectivity index (χ1v) is 8.05. The normalized spacial score (nSPS) is 10.7. The van der Waals surface area contributed by atoms with Crippen LogP contribution in [0.4, 0.5) is 0 Å². The molecule has 19 heavy (non-hydrogen) atoms. The molecule has 1 aromatic rings. The Hall–Kier alpha value is -0.210. The first-order chi connectivity index (χ1) is 8.86. The number of hydrogen-bond donors (Lipinski definition) is 2. The minimum Gasteiger partial charge on any atom is -0.356 e. The van der Waals surface area contributed by atoms with Gasteiger partial charge in [-0.25, -0.2) is 0 Å². The van der Waals surface area contributed by atoms with E-state index < -0.39 is 0 Å². The molecule has 0 radical (unpaired) electrons. The molecule has 108 valence electrons. The van der Waals surface area contributed by atoms with Gasteiger partial charge >= 0.3 is 0 Å². The molecule has 6 heteroatoms. The van der Waals surface area contributed by atoms with Crippen LogP contribution in [0.3, 0.4) is 0 Å². The summed E-state index contributed by atoms with van der Waals surface area (Å²) in [5.74, 6) is 2.95. The van der Waals surface area contributed by atoms with Crippen LogP contribution in [-0.4, -0.2) is 37.6 Å². The number of aliphatic imine (C=N–C) groups is 1. The third-order valence-electron chi connectivity index (χ3n) is 2.24. The Balaban J connectivity index is 0.00000324. The van der Waals surface area contributed by atoms with Crippen LogP contribution in [-0.2, 0) is 6.42 Å². The van der Waals surface area contributed by atoms with Crippen molar-refractivity contribution < 1.29 is 0 Å². The SMILES string of the molecule is C=CCSCCNC(=NC)NCCc1cccs1.I. The van der Waals surface area contributed by atoms with Crippen LogP contribution in [0, 0.1) is 0 Å². The van der Waals surface area contributed by atoms with Crippen molar-refractivity contribution in [3.05, 3.63) is 35.0 Å². The maximum absolute atomic E-state index is 4.19. The van der Waals surface area contributed by atoms with E-state index in [9.17, 15) is 0 Å². The van der Waals surface area contributed by atoms with Gasteiger partial charge in [-0.2, -0.15) is 11.8 Å². The van der Waals surface area contributed by atoms with E-state index in [0.29, 0.717) is 0 Å². The summed E-state index contributed by atoms with van der Waals surface area (Å²) >= 11 is 3.66. The fourth-order valence-electron chi connectivity index (χ4n) is 1.39. The lowest BCUT2D eigenvalue weighted by Crippen LogP contribution is -2.39. The minimum absolute atomic E-state index is 0. The Morgan fingerprint density at radius 2 is 2.26 bits per heavy atom. The van der Waals surface area contributed by atoms with E-state index in [1.165, 1.54) is 4.88 Å². The van der Waals surface area contributed by atoms with Crippen LogP contribution in [0.5, 0.6) is 0 Å². The van der Waals surface area contributed by atoms with E-state index in [0.717, 1.165) is 37.0 Å². The van der Waals surface area contributed by atoms with Crippen molar-refractivity contribution in [2.45, 2.75) is 6.42 Å². The molecule has 1 aromatic heterocycles. The second-order valence-corrected chi connectivity index (χ2v) is 5.80. The van der Waals surface area contributed by atoms with Crippen molar-refractivity contribution in [3.63, 3.8) is 0 Å². The standard InChI is InChI=1S/C13H21N3S2.HI/c1-3-9-17-11-8-16-13(14-2)15-7-6-12-5-4-10-18-12;/h3-5,10H,1,6-9,11H2,2H3,(H2,14,15,16);1H. The van der Waals surface area contributed by atoms with Crippen LogP contribution in [0.15, 0.2) is 35.2 Å². The zero-order valence-corrected chi connectivity index (χ0v) is 15.2. The minimum atomic E-state index is 0. The number of rotatable bonds is 8. The number of nitrogens with zero attached hydrogens (tertiary/aromatic N) is 1. The molecule has 2 N–H and O–H groups in total. The van der Waals surface area contributed by atoms with Gasteiger partial charge in [0.1, 0.15) is 0 Å². The number of nitrogens with one attached hydrogen (secondary N) is 2. The quantitative estimate of drug-likeness (QED) is 0.227. The highest BCUT2D eigenvalue weighted by atomic mass is 127. The Labute approximate surface area is 141 Å². The maximum atomic E-state index is 4.19. The predicted molar refractivity (Wildman–Crippen MR) is 100 cm³/mol. The number of halogens is 1. The zero-order valence-electron chi connectivity index (χ0n) is 11.2. The summed E-state index contributed by atoms with van der Waals surface area (Å²) in [7, 11) is 1.80. The third-order valence-corrected chi connectivity index (χ3v) is 4.14. The molecular formula is C13H22IN3S2. The molecule has 0 saturated heterocycles. The van der Waals surface area contributed by atoms with Crippen LogP contribution >= 0.6 is 47.1 Å². The second kappa shape index (κ2) is 12.8. The number of thiophene rings is 1. The largest absolute Gasteiger partial charge is 0.356 e. The average molecular weight is 411 g/mol. The van der Waals surface area contributed by atoms with Crippen LogP contribution in [0.1, 0.15) is 4.88 Å². The lowest BCUT2D eigenvalue weighted by Gasteiger charge is -2.10. The van der Waals surface area contributed by atoms with Gasteiger partial charge in [-0.15, -0.1) is 41.9 Å². The van der Waals surface area contributed by atoms with Crippen molar-refractivity contribution in [1.82, 2.24) is 10.6 Å². The second-order valence-electron chi connectivity index (χ2n) is 3.62. The van der Waals surface area contributed by atoms with Gasteiger partial charge in [0.05, 0.1) is 0 Å². The first kappa shape index (κ1) is 18.8. The Kier molecular flexibility index (Phi) is 12.7. The fraction of sp³-hybridized carbons (Fsp3) is 0.462. The molecule has 1 rings (SSSR count). The van der Waals surface area contributed by atoms with E-state index in [4.69, 9.17) is 0 Å². The highest BCUT2D eigenvalue weighted by Crippen LogP contribution is 2.07. The van der Waals surface area contributed by atoms with Gasteiger partial charge in [-0.1, -0.05) is 12.1 Å². The maximum Gasteiger partial charge on any atom is 0.191 e. The van der Waals surface area contributed by atoms with Gasteiger partial charge in [0.15, 0.2) is 5.96 Å². The van der Waals surface area contributed by atoms with Crippen molar-refractivity contribution in [2.24, 2.45) is 4.99 Å². The van der Waals surface area contributed by atoms with Crippen LogP contribution in [0.25, 0.3) is 0 Å². The van der Waals surface area contributed by atoms with Gasteiger partial charge in [0.25, 0.3) is 0 Å². The fourth-order valence-corrected chi connectivity index (χ4v) is 2.68. The lowest BCUT2D eigenvalue weighted by atomic mass is 10.3. The molecule has 1 heterocycles. The monoisotopic (exact) mass is 411 g/mol. The predicted octanol–water partition coefficient (Wildman–Crippen LogP) is 2.99. The third kappa shape index (κ3) is 9.34. The molecule has 0 spiro atoms. The Morgan fingerprint density at radius 3 is 2.89 bits per heavy atom. The first-order valence-electron chi connectivity index (χ1n) is 6.02. The highest BCUT2D eigenvalue weighted by molar-refractivity contribution is 14.0. The van der Waals surface area contributed by atoms with Gasteiger partial charge in [0.2, 0.25) is 0 Å². The van der Waals surface area contributed by atoms with Crippen LogP contribution < -0.4 is 10.6 Å². The van der Waals surface area contributed by atoms with E-state index >= 15 is 0 Å². The number of hydrogen-bond acceptors (Lipinski definition) is 3. The molecular weight excluding hydrogens is 389 g/mol. The lowest BCUT2D eigenvalue weighted by molar-refractivity contribution is 0.818. The van der Waals surface area contributed by atoms with Gasteiger partial charge in [-0.05, 0) is 17.9 Å². The van der Waals surface area contributed by atoms with Gasteiger partial charge < -0.3 is 10.6 Å². The molecule has 0 amide bonds. The summed E-state index contributed by atoms with van der Waals surface area (Å²) in [6, 6.07) is 4.25. The molecule has 0 fully saturated rings. The van der Waals surface area contributed by atoms with Crippen molar-refractivity contribution in [3.8, 4) is 0 Å². The van der Waals surface area contributed by atoms with E-state index in [1.807, 2.05) is 17.8 Å². The van der Waals surface area contributed by atoms with E-state index in [-0.39, 0.29) is 24.0 Å². The average Bonchev–Trinajstić information content (AvgIpc) is 2.89. The molecule has 0 saturated carbocycles. The molecule has 0 aromatic carbocycles. The summed E-state index contributed by atoms with van der Waals surface area (Å²) in [4.78, 5) is 5.60. The highest BCUT2D eigenvalue weighted by Gasteiger charge is 1.97. The smallest absolute Gasteiger partial charge is 0.191 e. The van der Waals surface area contributed by atoms with Gasteiger partial charge in [0, 0.05) is 36.5 Å². The summed E-state index contributed by atoms with van der Waals surface area (Å²) in [5, 5.41) is 8.72. The van der Waals surface area contributed by atoms with Crippen molar-refractivity contribution >= 4 is 53.0 Å². The number of guanidine groups is 1. The summed E-state index contributed by atoms with van der Waals surface area (Å²) < 4.78 is 0. The van der Waals surface area contributed by atoms with Gasteiger partial charge in [-0.3, -0.25) is 4.99 Å². The summed E-state index contributed by atoms with van der Waals surface area (Å²) in [5.41, 5.74) is 0. The number of thioether (sulfide) groups is 1. The topological polar surface area (TPSA) is 36.4 Å². The molecule has 0 unspecified atom stereocenters. The molecule has 0 bridgehead atoms. The Morgan fingerprint density at radius 1 is 1.47 bits per heavy atom. The Bertz CT molecular complexity index is 353. The molecule has 0 aliphatic heterocycles. The molecule has 0 atom stereocenters.